The van der Waals surface area contributed by atoms with Crippen molar-refractivity contribution in [1.29, 1.82) is 0 Å². The first kappa shape index (κ1) is 9.91. The topological polar surface area (TPSA) is 18.5 Å². The number of ether oxygens (including phenoxy) is 1. The second-order valence-electron chi connectivity index (χ2n) is 2.23. The predicted octanol–water partition coefficient (Wildman–Crippen LogP) is 1.24. The van der Waals surface area contributed by atoms with E-state index in [1.54, 1.807) is 6.07 Å². The second kappa shape index (κ2) is 3.69. The van der Waals surface area contributed by atoms with E-state index in [0.717, 1.165) is 0 Å². The highest BCUT2D eigenvalue weighted by molar-refractivity contribution is 5.99. The van der Waals surface area contributed by atoms with Crippen molar-refractivity contribution in [1.82, 2.24) is 0 Å². The van der Waals surface area contributed by atoms with Gasteiger partial charge in [0.15, 0.2) is 0 Å². The molecule has 0 spiro atoms. The summed E-state index contributed by atoms with van der Waals surface area (Å²) < 4.78 is 43.7. The molecule has 2 nitrogen and oxygen atoms in total. The van der Waals surface area contributed by atoms with E-state index >= 15 is 0 Å². The van der Waals surface area contributed by atoms with Crippen LogP contribution in [0.4, 0.5) is 13.2 Å². The van der Waals surface area contributed by atoms with Crippen molar-refractivity contribution in [2.45, 2.75) is 6.36 Å². The van der Waals surface area contributed by atoms with Gasteiger partial charge < -0.3 is 9.16 Å². The SMILES string of the molecule is FC(F)(F)Oc1cccc(O[SiH3])c1. The molecule has 0 atom stereocenters. The molecule has 72 valence electrons. The van der Waals surface area contributed by atoms with Gasteiger partial charge in [0.05, 0.1) is 0 Å². The fourth-order valence-electron chi connectivity index (χ4n) is 0.798. The monoisotopic (exact) mass is 208 g/mol. The Balaban J connectivity index is 2.78. The Labute approximate surface area is 75.8 Å². The lowest BCUT2D eigenvalue weighted by Crippen LogP contribution is -2.17. The molecule has 0 N–H and O–H groups in total. The summed E-state index contributed by atoms with van der Waals surface area (Å²) in [6.45, 7) is 0. The lowest BCUT2D eigenvalue weighted by Gasteiger charge is -2.09. The number of hydrogen-bond acceptors (Lipinski definition) is 2. The van der Waals surface area contributed by atoms with Crippen LogP contribution in [0.5, 0.6) is 11.5 Å². The molecule has 0 aliphatic rings. The molecule has 0 saturated heterocycles. The maximum Gasteiger partial charge on any atom is 0.573 e. The van der Waals surface area contributed by atoms with Crippen LogP contribution < -0.4 is 9.16 Å². The van der Waals surface area contributed by atoms with Crippen molar-refractivity contribution >= 4 is 10.5 Å². The van der Waals surface area contributed by atoms with Gasteiger partial charge >= 0.3 is 6.36 Å². The first-order chi connectivity index (χ1) is 6.01. The Morgan fingerprint density at radius 3 is 2.31 bits per heavy atom. The van der Waals surface area contributed by atoms with Crippen LogP contribution in [-0.4, -0.2) is 16.8 Å². The number of alkyl halides is 3. The van der Waals surface area contributed by atoms with Crippen LogP contribution in [0.25, 0.3) is 0 Å². The molecule has 13 heavy (non-hydrogen) atoms. The highest BCUT2D eigenvalue weighted by atomic mass is 28.2. The highest BCUT2D eigenvalue weighted by Crippen LogP contribution is 2.25. The molecule has 0 saturated carbocycles. The average molecular weight is 208 g/mol. The van der Waals surface area contributed by atoms with E-state index in [4.69, 9.17) is 4.43 Å². The molecule has 1 aromatic rings. The molecule has 6 heteroatoms. The molecule has 0 unspecified atom stereocenters. The molecular weight excluding hydrogens is 201 g/mol. The average Bonchev–Trinajstić information content (AvgIpc) is 2.01. The minimum Gasteiger partial charge on any atom is -0.553 e. The van der Waals surface area contributed by atoms with Gasteiger partial charge in [-0.15, -0.1) is 13.2 Å². The fraction of sp³-hybridized carbons (Fsp3) is 0.143. The number of hydrogen-bond donors (Lipinski definition) is 0. The molecule has 0 radical (unpaired) electrons. The third-order valence-corrected chi connectivity index (χ3v) is 1.75. The molecular formula is C7H7F3O2Si. The van der Waals surface area contributed by atoms with Gasteiger partial charge in [-0.1, -0.05) is 6.07 Å². The quantitative estimate of drug-likeness (QED) is 0.681. The van der Waals surface area contributed by atoms with Crippen molar-refractivity contribution in [3.8, 4) is 11.5 Å². The van der Waals surface area contributed by atoms with Gasteiger partial charge in [0.25, 0.3) is 0 Å². The minimum atomic E-state index is -4.65. The summed E-state index contributed by atoms with van der Waals surface area (Å²) in [7, 11) is 0.429. The summed E-state index contributed by atoms with van der Waals surface area (Å²) in [6.07, 6.45) is -4.65. The summed E-state index contributed by atoms with van der Waals surface area (Å²) in [6, 6.07) is 5.42. The largest absolute Gasteiger partial charge is 0.573 e. The molecule has 0 aliphatic carbocycles. The summed E-state index contributed by atoms with van der Waals surface area (Å²) in [4.78, 5) is 0. The Bertz CT molecular complexity index is 287. The smallest absolute Gasteiger partial charge is 0.553 e. The number of halogens is 3. The molecule has 1 rings (SSSR count). The Hall–Kier alpha value is -1.17. The Morgan fingerprint density at radius 2 is 1.77 bits per heavy atom. The van der Waals surface area contributed by atoms with Crippen LogP contribution in [0.3, 0.4) is 0 Å². The van der Waals surface area contributed by atoms with Crippen molar-refractivity contribution in [3.63, 3.8) is 0 Å². The summed E-state index contributed by atoms with van der Waals surface area (Å²) in [5, 5.41) is 0. The summed E-state index contributed by atoms with van der Waals surface area (Å²) >= 11 is 0. The van der Waals surface area contributed by atoms with Gasteiger partial charge in [-0.05, 0) is 12.1 Å². The maximum absolute atomic E-state index is 11.7. The van der Waals surface area contributed by atoms with Crippen LogP contribution in [-0.2, 0) is 0 Å². The second-order valence-corrected chi connectivity index (χ2v) is 2.64. The molecule has 0 fully saturated rings. The first-order valence-corrected chi connectivity index (χ1v) is 4.23. The van der Waals surface area contributed by atoms with E-state index in [1.807, 2.05) is 0 Å². The van der Waals surface area contributed by atoms with Gasteiger partial charge in [-0.25, -0.2) is 0 Å². The van der Waals surface area contributed by atoms with Crippen LogP contribution >= 0.6 is 0 Å². The maximum atomic E-state index is 11.7. The van der Waals surface area contributed by atoms with Crippen LogP contribution in [0.2, 0.25) is 0 Å². The molecule has 0 amide bonds. The lowest BCUT2D eigenvalue weighted by molar-refractivity contribution is -0.274. The normalized spacial score (nSPS) is 11.3. The van der Waals surface area contributed by atoms with Crippen LogP contribution in [0.1, 0.15) is 0 Å². The van der Waals surface area contributed by atoms with E-state index in [0.29, 0.717) is 16.2 Å². The number of benzene rings is 1. The van der Waals surface area contributed by atoms with E-state index in [-0.39, 0.29) is 5.75 Å². The lowest BCUT2D eigenvalue weighted by atomic mass is 10.3. The fourth-order valence-corrected chi connectivity index (χ4v) is 1.05. The van der Waals surface area contributed by atoms with Crippen molar-refractivity contribution in [2.24, 2.45) is 0 Å². The van der Waals surface area contributed by atoms with Crippen LogP contribution in [0, 0.1) is 0 Å². The molecule has 0 heterocycles. The van der Waals surface area contributed by atoms with Gasteiger partial charge in [-0.3, -0.25) is 0 Å². The molecule has 0 bridgehead atoms. The van der Waals surface area contributed by atoms with Gasteiger partial charge in [-0.2, -0.15) is 0 Å². The standard InChI is InChI=1S/C7H7F3O2Si/c8-7(9,10)11-5-2-1-3-6(4-5)12-13/h1-4H,13H3. The highest BCUT2D eigenvalue weighted by Gasteiger charge is 2.31. The van der Waals surface area contributed by atoms with Crippen LogP contribution in [0.15, 0.2) is 24.3 Å². The van der Waals surface area contributed by atoms with Gasteiger partial charge in [0, 0.05) is 6.07 Å². The molecule has 1 aromatic carbocycles. The summed E-state index contributed by atoms with van der Waals surface area (Å²) in [5.74, 6) is 0.120. The first-order valence-electron chi connectivity index (χ1n) is 3.41. The number of rotatable bonds is 2. The zero-order chi connectivity index (χ0) is 9.90. The van der Waals surface area contributed by atoms with E-state index < -0.39 is 6.36 Å². The van der Waals surface area contributed by atoms with Gasteiger partial charge in [0.2, 0.25) is 10.5 Å². The summed E-state index contributed by atoms with van der Waals surface area (Å²) in [5.41, 5.74) is 0. The van der Waals surface area contributed by atoms with Crippen molar-refractivity contribution < 1.29 is 22.3 Å². The minimum absolute atomic E-state index is 0.263. The Morgan fingerprint density at radius 1 is 1.15 bits per heavy atom. The van der Waals surface area contributed by atoms with E-state index in [1.165, 1.54) is 18.2 Å². The van der Waals surface area contributed by atoms with Gasteiger partial charge in [0.1, 0.15) is 11.5 Å². The molecule has 0 aromatic heterocycles. The van der Waals surface area contributed by atoms with E-state index in [2.05, 4.69) is 4.74 Å². The third kappa shape index (κ3) is 3.37. The Kier molecular flexibility index (Phi) is 2.82. The zero-order valence-electron chi connectivity index (χ0n) is 6.76. The van der Waals surface area contributed by atoms with Crippen molar-refractivity contribution in [2.75, 3.05) is 0 Å². The third-order valence-electron chi connectivity index (χ3n) is 1.27. The van der Waals surface area contributed by atoms with Crippen molar-refractivity contribution in [3.05, 3.63) is 24.3 Å². The zero-order valence-corrected chi connectivity index (χ0v) is 8.76. The molecule has 0 aliphatic heterocycles. The predicted molar refractivity (Wildman–Crippen MR) is 43.7 cm³/mol. The van der Waals surface area contributed by atoms with E-state index in [9.17, 15) is 13.2 Å².